The molecule has 0 fully saturated rings. The zero-order valence-corrected chi connectivity index (χ0v) is 12.6. The van der Waals surface area contributed by atoms with E-state index in [0.29, 0.717) is 5.65 Å². The van der Waals surface area contributed by atoms with Gasteiger partial charge in [0.1, 0.15) is 11.8 Å². The normalized spacial score (nSPS) is 11.9. The molecule has 114 valence electrons. The van der Waals surface area contributed by atoms with Crippen molar-refractivity contribution in [2.24, 2.45) is 12.2 Å². The molecule has 0 amide bonds. The van der Waals surface area contributed by atoms with Crippen LogP contribution in [0.3, 0.4) is 0 Å². The van der Waals surface area contributed by atoms with Crippen molar-refractivity contribution in [3.8, 4) is 11.3 Å². The fourth-order valence-electron chi connectivity index (χ4n) is 2.16. The number of aromatic nitrogens is 4. The third kappa shape index (κ3) is 2.96. The summed E-state index contributed by atoms with van der Waals surface area (Å²) >= 11 is 0. The number of hydrogen-bond donors (Lipinski definition) is 2. The summed E-state index contributed by atoms with van der Waals surface area (Å²) in [5.41, 5.74) is 3.95. The highest BCUT2D eigenvalue weighted by Gasteiger charge is 2.10. The van der Waals surface area contributed by atoms with Gasteiger partial charge in [-0.2, -0.15) is 13.1 Å². The maximum atomic E-state index is 10.9. The molecule has 0 aliphatic heterocycles. The lowest BCUT2D eigenvalue weighted by Gasteiger charge is -2.06. The van der Waals surface area contributed by atoms with Crippen LogP contribution < -0.4 is 9.86 Å². The molecule has 2 aromatic heterocycles. The minimum atomic E-state index is -3.69. The number of aryl methyl sites for hydroxylation is 1. The van der Waals surface area contributed by atoms with Crippen molar-refractivity contribution in [1.82, 2.24) is 24.2 Å². The Morgan fingerprint density at radius 2 is 1.91 bits per heavy atom. The SMILES string of the molecule is Cn1cnc2ncnc(-c3ccc(CNS(N)(=O)=O)cc3)c21. The third-order valence-corrected chi connectivity index (χ3v) is 3.76. The fourth-order valence-corrected chi connectivity index (χ4v) is 2.53. The van der Waals surface area contributed by atoms with Gasteiger partial charge in [0, 0.05) is 19.2 Å². The van der Waals surface area contributed by atoms with E-state index in [2.05, 4.69) is 19.7 Å². The Morgan fingerprint density at radius 3 is 2.59 bits per heavy atom. The molecule has 8 nitrogen and oxygen atoms in total. The fraction of sp³-hybridized carbons (Fsp3) is 0.154. The highest BCUT2D eigenvalue weighted by atomic mass is 32.2. The van der Waals surface area contributed by atoms with Gasteiger partial charge in [0.25, 0.3) is 10.2 Å². The summed E-state index contributed by atoms with van der Waals surface area (Å²) in [7, 11) is -1.81. The largest absolute Gasteiger partial charge is 0.331 e. The van der Waals surface area contributed by atoms with Crippen LogP contribution in [-0.2, 0) is 23.8 Å². The first kappa shape index (κ1) is 14.6. The second-order valence-electron chi connectivity index (χ2n) is 4.81. The summed E-state index contributed by atoms with van der Waals surface area (Å²) in [6, 6.07) is 7.37. The van der Waals surface area contributed by atoms with Crippen LogP contribution in [0.2, 0.25) is 0 Å². The predicted octanol–water partition coefficient (Wildman–Crippen LogP) is 0.323. The van der Waals surface area contributed by atoms with E-state index >= 15 is 0 Å². The average Bonchev–Trinajstić information content (AvgIpc) is 2.87. The molecule has 0 atom stereocenters. The lowest BCUT2D eigenvalue weighted by Crippen LogP contribution is -2.30. The smallest absolute Gasteiger partial charge is 0.274 e. The Balaban J connectivity index is 1.93. The summed E-state index contributed by atoms with van der Waals surface area (Å²) in [6.07, 6.45) is 3.16. The van der Waals surface area contributed by atoms with Gasteiger partial charge in [-0.05, 0) is 5.56 Å². The van der Waals surface area contributed by atoms with E-state index < -0.39 is 10.2 Å². The van der Waals surface area contributed by atoms with Crippen molar-refractivity contribution in [2.45, 2.75) is 6.54 Å². The second kappa shape index (κ2) is 5.44. The molecule has 0 spiro atoms. The topological polar surface area (TPSA) is 116 Å². The van der Waals surface area contributed by atoms with Crippen LogP contribution in [0.1, 0.15) is 5.56 Å². The molecule has 3 rings (SSSR count). The van der Waals surface area contributed by atoms with Gasteiger partial charge >= 0.3 is 0 Å². The van der Waals surface area contributed by atoms with Gasteiger partial charge in [0.05, 0.1) is 12.0 Å². The van der Waals surface area contributed by atoms with Crippen molar-refractivity contribution < 1.29 is 8.42 Å². The first-order valence-corrected chi connectivity index (χ1v) is 7.97. The predicted molar refractivity (Wildman–Crippen MR) is 81.7 cm³/mol. The van der Waals surface area contributed by atoms with E-state index in [0.717, 1.165) is 22.3 Å². The first-order chi connectivity index (χ1) is 10.4. The van der Waals surface area contributed by atoms with Crippen molar-refractivity contribution in [1.29, 1.82) is 0 Å². The van der Waals surface area contributed by atoms with Gasteiger partial charge in [-0.1, -0.05) is 24.3 Å². The van der Waals surface area contributed by atoms with E-state index in [9.17, 15) is 8.42 Å². The van der Waals surface area contributed by atoms with E-state index in [1.54, 1.807) is 6.33 Å². The molecule has 0 aliphatic carbocycles. The van der Waals surface area contributed by atoms with E-state index in [1.807, 2.05) is 35.9 Å². The van der Waals surface area contributed by atoms with E-state index in [4.69, 9.17) is 5.14 Å². The quantitative estimate of drug-likeness (QED) is 0.719. The first-order valence-electron chi connectivity index (χ1n) is 6.43. The number of nitrogens with zero attached hydrogens (tertiary/aromatic N) is 4. The Bertz CT molecular complexity index is 917. The van der Waals surface area contributed by atoms with Gasteiger partial charge in [0.2, 0.25) is 0 Å². The zero-order valence-electron chi connectivity index (χ0n) is 11.8. The summed E-state index contributed by atoms with van der Waals surface area (Å²) in [6.45, 7) is 0.143. The number of nitrogens with one attached hydrogen (secondary N) is 1. The summed E-state index contributed by atoms with van der Waals surface area (Å²) < 4.78 is 25.9. The minimum absolute atomic E-state index is 0.143. The highest BCUT2D eigenvalue weighted by molar-refractivity contribution is 7.87. The lowest BCUT2D eigenvalue weighted by atomic mass is 10.1. The van der Waals surface area contributed by atoms with Crippen LogP contribution >= 0.6 is 0 Å². The van der Waals surface area contributed by atoms with Gasteiger partial charge in [-0.25, -0.2) is 20.1 Å². The highest BCUT2D eigenvalue weighted by Crippen LogP contribution is 2.24. The van der Waals surface area contributed by atoms with Gasteiger partial charge in [-0.15, -0.1) is 0 Å². The number of hydrogen-bond acceptors (Lipinski definition) is 5. The van der Waals surface area contributed by atoms with Crippen LogP contribution in [0.4, 0.5) is 0 Å². The molecule has 0 saturated carbocycles. The Kier molecular flexibility index (Phi) is 3.61. The van der Waals surface area contributed by atoms with Crippen LogP contribution in [0.5, 0.6) is 0 Å². The molecule has 1 aromatic carbocycles. The molecule has 0 radical (unpaired) electrons. The molecule has 22 heavy (non-hydrogen) atoms. The summed E-state index contributed by atoms with van der Waals surface area (Å²) in [5, 5.41) is 4.91. The number of imidazole rings is 1. The number of nitrogens with two attached hydrogens (primary N) is 1. The molecule has 0 unspecified atom stereocenters. The molecule has 0 bridgehead atoms. The molecule has 9 heteroatoms. The van der Waals surface area contributed by atoms with Gasteiger partial charge in [-0.3, -0.25) is 0 Å². The Hall–Kier alpha value is -2.36. The molecule has 3 N–H and O–H groups in total. The molecule has 0 saturated heterocycles. The maximum absolute atomic E-state index is 10.9. The van der Waals surface area contributed by atoms with E-state index in [1.165, 1.54) is 6.33 Å². The molecule has 0 aliphatic rings. The molecular formula is C13H14N6O2S. The number of fused-ring (bicyclic) bond motifs is 1. The lowest BCUT2D eigenvalue weighted by molar-refractivity contribution is 0.583. The second-order valence-corrected chi connectivity index (χ2v) is 6.19. The standard InChI is InChI=1S/C13H14N6O2S/c1-19-8-17-13-12(19)11(15-7-16-13)10-4-2-9(3-5-10)6-18-22(14,20)21/h2-5,7-8,18H,6H2,1H3,(H2,14,20,21). The van der Waals surface area contributed by atoms with Crippen LogP contribution in [0, 0.1) is 0 Å². The Morgan fingerprint density at radius 1 is 1.18 bits per heavy atom. The zero-order chi connectivity index (χ0) is 15.7. The van der Waals surface area contributed by atoms with Crippen molar-refractivity contribution in [3.05, 3.63) is 42.5 Å². The van der Waals surface area contributed by atoms with Crippen LogP contribution in [0.15, 0.2) is 36.9 Å². The summed E-state index contributed by atoms with van der Waals surface area (Å²) in [5.74, 6) is 0. The van der Waals surface area contributed by atoms with E-state index in [-0.39, 0.29) is 6.54 Å². The van der Waals surface area contributed by atoms with Crippen LogP contribution in [0.25, 0.3) is 22.4 Å². The van der Waals surface area contributed by atoms with Crippen molar-refractivity contribution in [2.75, 3.05) is 0 Å². The number of rotatable bonds is 4. The molecule has 2 heterocycles. The molecular weight excluding hydrogens is 304 g/mol. The van der Waals surface area contributed by atoms with Crippen molar-refractivity contribution >= 4 is 21.4 Å². The number of benzene rings is 1. The maximum Gasteiger partial charge on any atom is 0.274 e. The monoisotopic (exact) mass is 318 g/mol. The van der Waals surface area contributed by atoms with Gasteiger partial charge < -0.3 is 4.57 Å². The van der Waals surface area contributed by atoms with Gasteiger partial charge in [0.15, 0.2) is 5.65 Å². The average molecular weight is 318 g/mol. The summed E-state index contributed by atoms with van der Waals surface area (Å²) in [4.78, 5) is 12.6. The Labute approximate surface area is 127 Å². The van der Waals surface area contributed by atoms with Crippen molar-refractivity contribution in [3.63, 3.8) is 0 Å². The van der Waals surface area contributed by atoms with Crippen LogP contribution in [-0.4, -0.2) is 27.9 Å². The molecule has 3 aromatic rings. The third-order valence-electron chi connectivity index (χ3n) is 3.21. The minimum Gasteiger partial charge on any atom is -0.331 e.